The van der Waals surface area contributed by atoms with Crippen LogP contribution in [0.2, 0.25) is 0 Å². The Morgan fingerprint density at radius 2 is 1.77 bits per heavy atom. The SMILES string of the molecule is CN=C(NCc1ccccc1S(=O)(=O)NC(C)(C)C)NCC1Cc2ccccc2O1.I. The van der Waals surface area contributed by atoms with Gasteiger partial charge in [-0.05, 0) is 44.0 Å². The molecule has 0 bridgehead atoms. The lowest BCUT2D eigenvalue weighted by Gasteiger charge is -2.22. The lowest BCUT2D eigenvalue weighted by molar-refractivity contribution is 0.235. The van der Waals surface area contributed by atoms with E-state index in [1.54, 1.807) is 25.2 Å². The van der Waals surface area contributed by atoms with Gasteiger partial charge < -0.3 is 15.4 Å². The van der Waals surface area contributed by atoms with Crippen LogP contribution in [0.1, 0.15) is 31.9 Å². The topological polar surface area (TPSA) is 91.8 Å². The first-order valence-electron chi connectivity index (χ1n) is 9.99. The number of rotatable bonds is 6. The number of nitrogens with one attached hydrogen (secondary N) is 3. The molecule has 7 nitrogen and oxygen atoms in total. The molecule has 0 aliphatic carbocycles. The summed E-state index contributed by atoms with van der Waals surface area (Å²) in [7, 11) is -1.95. The Hall–Kier alpha value is -1.85. The highest BCUT2D eigenvalue weighted by molar-refractivity contribution is 14.0. The molecule has 0 radical (unpaired) electrons. The Balaban J connectivity index is 0.00000341. The summed E-state index contributed by atoms with van der Waals surface area (Å²) in [5.74, 6) is 1.52. The van der Waals surface area contributed by atoms with E-state index in [9.17, 15) is 8.42 Å². The van der Waals surface area contributed by atoms with Crippen molar-refractivity contribution in [3.8, 4) is 5.75 Å². The van der Waals surface area contributed by atoms with Crippen molar-refractivity contribution in [3.05, 3.63) is 59.7 Å². The lowest BCUT2D eigenvalue weighted by atomic mass is 10.1. The van der Waals surface area contributed by atoms with Gasteiger partial charge in [0.15, 0.2) is 5.96 Å². The molecule has 0 saturated heterocycles. The maximum absolute atomic E-state index is 12.8. The van der Waals surface area contributed by atoms with Crippen molar-refractivity contribution in [1.82, 2.24) is 15.4 Å². The first-order valence-corrected chi connectivity index (χ1v) is 11.5. The van der Waals surface area contributed by atoms with E-state index in [2.05, 4.69) is 26.4 Å². The van der Waals surface area contributed by atoms with Crippen LogP contribution in [0.25, 0.3) is 0 Å². The van der Waals surface area contributed by atoms with Gasteiger partial charge in [-0.2, -0.15) is 0 Å². The molecule has 1 unspecified atom stereocenters. The quantitative estimate of drug-likeness (QED) is 0.288. The van der Waals surface area contributed by atoms with Crippen LogP contribution < -0.4 is 20.1 Å². The molecule has 0 fully saturated rings. The average molecular weight is 558 g/mol. The maximum atomic E-state index is 12.8. The first kappa shape index (κ1) is 25.4. The summed E-state index contributed by atoms with van der Waals surface area (Å²) in [4.78, 5) is 4.50. The molecule has 2 aromatic rings. The maximum Gasteiger partial charge on any atom is 0.241 e. The Labute approximate surface area is 202 Å². The number of ether oxygens (including phenoxy) is 1. The third kappa shape index (κ3) is 7.08. The van der Waals surface area contributed by atoms with Crippen molar-refractivity contribution < 1.29 is 13.2 Å². The van der Waals surface area contributed by atoms with Crippen molar-refractivity contribution in [2.24, 2.45) is 4.99 Å². The van der Waals surface area contributed by atoms with Crippen molar-refractivity contribution in [1.29, 1.82) is 0 Å². The minimum atomic E-state index is -3.63. The predicted octanol–water partition coefficient (Wildman–Crippen LogP) is 3.05. The number of benzene rings is 2. The van der Waals surface area contributed by atoms with Gasteiger partial charge in [0.05, 0.1) is 11.4 Å². The number of halogens is 1. The number of guanidine groups is 1. The Bertz CT molecular complexity index is 994. The summed E-state index contributed by atoms with van der Waals surface area (Å²) in [6.45, 7) is 6.38. The van der Waals surface area contributed by atoms with E-state index in [4.69, 9.17) is 4.74 Å². The molecule has 1 aliphatic rings. The van der Waals surface area contributed by atoms with Gasteiger partial charge in [-0.3, -0.25) is 4.99 Å². The second kappa shape index (κ2) is 10.6. The molecular weight excluding hydrogens is 527 g/mol. The number of sulfonamides is 1. The fraction of sp³-hybridized carbons (Fsp3) is 0.409. The Kier molecular flexibility index (Phi) is 8.73. The first-order chi connectivity index (χ1) is 14.2. The van der Waals surface area contributed by atoms with Crippen LogP contribution in [0.3, 0.4) is 0 Å². The van der Waals surface area contributed by atoms with Crippen LogP contribution in [0, 0.1) is 0 Å². The highest BCUT2D eigenvalue weighted by Crippen LogP contribution is 2.27. The number of hydrogen-bond acceptors (Lipinski definition) is 4. The molecule has 0 amide bonds. The van der Waals surface area contributed by atoms with E-state index in [0.29, 0.717) is 24.6 Å². The van der Waals surface area contributed by atoms with E-state index in [1.165, 1.54) is 5.56 Å². The molecule has 0 saturated carbocycles. The standard InChI is InChI=1S/C22H30N4O3S.HI/c1-22(2,3)26-30(27,28)20-12-8-6-10-17(20)14-24-21(23-4)25-15-18-13-16-9-5-7-11-19(16)29-18;/h5-12,18,26H,13-15H2,1-4H3,(H2,23,24,25);1H. The van der Waals surface area contributed by atoms with Crippen molar-refractivity contribution in [3.63, 3.8) is 0 Å². The van der Waals surface area contributed by atoms with E-state index < -0.39 is 15.6 Å². The van der Waals surface area contributed by atoms with Crippen LogP contribution in [0.5, 0.6) is 5.75 Å². The molecule has 1 atom stereocenters. The number of fused-ring (bicyclic) bond motifs is 1. The Morgan fingerprint density at radius 1 is 1.10 bits per heavy atom. The van der Waals surface area contributed by atoms with Gasteiger partial charge in [-0.15, -0.1) is 24.0 Å². The molecule has 1 aliphatic heterocycles. The summed E-state index contributed by atoms with van der Waals surface area (Å²) in [5.41, 5.74) is 1.31. The molecule has 1 heterocycles. The second-order valence-corrected chi connectivity index (χ2v) is 9.97. The molecule has 3 N–H and O–H groups in total. The van der Waals surface area contributed by atoms with Gasteiger partial charge in [0.1, 0.15) is 11.9 Å². The zero-order chi connectivity index (χ0) is 21.8. The Morgan fingerprint density at radius 3 is 2.45 bits per heavy atom. The van der Waals surface area contributed by atoms with Crippen LogP contribution in [0.15, 0.2) is 58.4 Å². The lowest BCUT2D eigenvalue weighted by Crippen LogP contribution is -2.43. The third-order valence-electron chi connectivity index (χ3n) is 4.58. The number of aliphatic imine (C=N–C) groups is 1. The van der Waals surface area contributed by atoms with Crippen molar-refractivity contribution >= 4 is 40.0 Å². The minimum Gasteiger partial charge on any atom is -0.488 e. The monoisotopic (exact) mass is 558 g/mol. The molecule has 31 heavy (non-hydrogen) atoms. The normalized spacial score (nSPS) is 16.1. The highest BCUT2D eigenvalue weighted by atomic mass is 127. The van der Waals surface area contributed by atoms with Crippen molar-refractivity contribution in [2.45, 2.75) is 50.3 Å². The van der Waals surface area contributed by atoms with E-state index in [0.717, 1.165) is 12.2 Å². The summed E-state index contributed by atoms with van der Waals surface area (Å²) in [6.07, 6.45) is 0.879. The minimum absolute atomic E-state index is 0. The zero-order valence-electron chi connectivity index (χ0n) is 18.3. The molecule has 170 valence electrons. The van der Waals surface area contributed by atoms with Crippen molar-refractivity contribution in [2.75, 3.05) is 13.6 Å². The highest BCUT2D eigenvalue weighted by Gasteiger charge is 2.25. The molecule has 0 spiro atoms. The van der Waals surface area contributed by atoms with Crippen LogP contribution in [0.4, 0.5) is 0 Å². The summed E-state index contributed by atoms with van der Waals surface area (Å²) >= 11 is 0. The number of nitrogens with zero attached hydrogens (tertiary/aromatic N) is 1. The smallest absolute Gasteiger partial charge is 0.241 e. The summed E-state index contributed by atoms with van der Waals surface area (Å²) in [5, 5.41) is 6.46. The second-order valence-electron chi connectivity index (χ2n) is 8.32. The van der Waals surface area contributed by atoms with E-state index >= 15 is 0 Å². The summed E-state index contributed by atoms with van der Waals surface area (Å²) in [6, 6.07) is 15.0. The van der Waals surface area contributed by atoms with Gasteiger partial charge in [0, 0.05) is 25.6 Å². The average Bonchev–Trinajstić information content (AvgIpc) is 3.09. The van der Waals surface area contributed by atoms with E-state index in [1.807, 2.05) is 45.0 Å². The largest absolute Gasteiger partial charge is 0.488 e. The van der Waals surface area contributed by atoms with Crippen LogP contribution in [-0.2, 0) is 23.0 Å². The van der Waals surface area contributed by atoms with Gasteiger partial charge in [0.2, 0.25) is 10.0 Å². The molecular formula is C22H31IN4O3S. The molecule has 2 aromatic carbocycles. The molecule has 3 rings (SSSR count). The van der Waals surface area contributed by atoms with Crippen LogP contribution >= 0.6 is 24.0 Å². The summed E-state index contributed by atoms with van der Waals surface area (Å²) < 4.78 is 34.2. The number of para-hydroxylation sites is 1. The van der Waals surface area contributed by atoms with Gasteiger partial charge in [-0.1, -0.05) is 36.4 Å². The molecule has 0 aromatic heterocycles. The van der Waals surface area contributed by atoms with Gasteiger partial charge in [0.25, 0.3) is 0 Å². The predicted molar refractivity (Wildman–Crippen MR) is 135 cm³/mol. The zero-order valence-corrected chi connectivity index (χ0v) is 21.5. The van der Waals surface area contributed by atoms with E-state index in [-0.39, 0.29) is 35.0 Å². The fourth-order valence-electron chi connectivity index (χ4n) is 3.35. The third-order valence-corrected chi connectivity index (χ3v) is 6.44. The fourth-order valence-corrected chi connectivity index (χ4v) is 5.01. The molecule has 9 heteroatoms. The van der Waals surface area contributed by atoms with Gasteiger partial charge >= 0.3 is 0 Å². The number of hydrogen-bond donors (Lipinski definition) is 3. The van der Waals surface area contributed by atoms with Gasteiger partial charge in [-0.25, -0.2) is 13.1 Å². The van der Waals surface area contributed by atoms with Crippen LogP contribution in [-0.4, -0.2) is 39.6 Å².